The van der Waals surface area contributed by atoms with Crippen molar-refractivity contribution >= 4 is 11.9 Å². The van der Waals surface area contributed by atoms with E-state index in [-0.39, 0.29) is 11.9 Å². The van der Waals surface area contributed by atoms with Crippen molar-refractivity contribution in [2.24, 2.45) is 0 Å². The zero-order chi connectivity index (χ0) is 26.1. The lowest BCUT2D eigenvalue weighted by atomic mass is 10.0. The van der Waals surface area contributed by atoms with Gasteiger partial charge in [0.15, 0.2) is 12.2 Å². The Balaban J connectivity index is 1.94. The summed E-state index contributed by atoms with van der Waals surface area (Å²) in [6.07, 6.45) is 30.6. The maximum absolute atomic E-state index is 12.3. The Bertz CT molecular complexity index is 472. The molecule has 0 saturated carbocycles. The maximum atomic E-state index is 12.3. The van der Waals surface area contributed by atoms with Crippen LogP contribution in [0.3, 0.4) is 0 Å². The van der Waals surface area contributed by atoms with Crippen molar-refractivity contribution in [3.63, 3.8) is 0 Å². The number of carbonyl (C=O) groups excluding carboxylic acids is 2. The van der Waals surface area contributed by atoms with E-state index in [0.717, 1.165) is 25.7 Å². The van der Waals surface area contributed by atoms with Gasteiger partial charge in [0.1, 0.15) is 0 Å². The van der Waals surface area contributed by atoms with Gasteiger partial charge >= 0.3 is 11.9 Å². The number of ether oxygens (including phenoxy) is 2. The van der Waals surface area contributed by atoms with Gasteiger partial charge in [-0.1, -0.05) is 155 Å². The first-order valence-electron chi connectivity index (χ1n) is 16.1. The molecule has 2 atom stereocenters. The largest absolute Gasteiger partial charge is 0.448 e. The molecule has 0 aromatic rings. The first kappa shape index (κ1) is 33.0. The Morgan fingerprint density at radius 2 is 0.611 bits per heavy atom. The van der Waals surface area contributed by atoms with E-state index < -0.39 is 12.2 Å². The predicted octanol–water partition coefficient (Wildman–Crippen LogP) is 10.0. The SMILES string of the molecule is CCCCCCCCCCCCCCC1OC(=O)C(CCCCCCCCCCCCCC)OC1=O. The zero-order valence-corrected chi connectivity index (χ0v) is 24.2. The molecule has 1 saturated heterocycles. The molecule has 0 N–H and O–H groups in total. The molecule has 36 heavy (non-hydrogen) atoms. The van der Waals surface area contributed by atoms with Crippen LogP contribution in [0.1, 0.15) is 181 Å². The van der Waals surface area contributed by atoms with E-state index in [0.29, 0.717) is 12.8 Å². The van der Waals surface area contributed by atoms with Crippen molar-refractivity contribution in [3.8, 4) is 0 Å². The number of hydrogen-bond acceptors (Lipinski definition) is 4. The normalized spacial score (nSPS) is 17.8. The zero-order valence-electron chi connectivity index (χ0n) is 24.2. The molecular formula is C32H60O4. The molecule has 1 fully saturated rings. The smallest absolute Gasteiger partial charge is 0.348 e. The third-order valence-electron chi connectivity index (χ3n) is 7.68. The van der Waals surface area contributed by atoms with Crippen LogP contribution in [0.4, 0.5) is 0 Å². The van der Waals surface area contributed by atoms with E-state index in [2.05, 4.69) is 13.8 Å². The molecule has 1 aliphatic heterocycles. The van der Waals surface area contributed by atoms with Gasteiger partial charge in [0.25, 0.3) is 0 Å². The van der Waals surface area contributed by atoms with Crippen molar-refractivity contribution in [2.75, 3.05) is 0 Å². The molecule has 0 spiro atoms. The van der Waals surface area contributed by atoms with E-state index >= 15 is 0 Å². The number of rotatable bonds is 26. The van der Waals surface area contributed by atoms with Crippen LogP contribution in [-0.4, -0.2) is 24.1 Å². The summed E-state index contributed by atoms with van der Waals surface area (Å²) < 4.78 is 10.9. The lowest BCUT2D eigenvalue weighted by Crippen LogP contribution is -2.43. The molecule has 0 aromatic heterocycles. The van der Waals surface area contributed by atoms with Crippen LogP contribution in [0, 0.1) is 0 Å². The van der Waals surface area contributed by atoms with Gasteiger partial charge in [-0.2, -0.15) is 0 Å². The number of hydrogen-bond donors (Lipinski definition) is 0. The highest BCUT2D eigenvalue weighted by molar-refractivity contribution is 5.87. The van der Waals surface area contributed by atoms with Crippen molar-refractivity contribution < 1.29 is 19.1 Å². The minimum absolute atomic E-state index is 0.332. The fraction of sp³-hybridized carbons (Fsp3) is 0.938. The minimum Gasteiger partial charge on any atom is -0.448 e. The number of carbonyl (C=O) groups is 2. The standard InChI is InChI=1S/C32H60O4/c1-3-5-7-9-11-13-15-17-19-21-23-25-27-29-31(33)36-30(32(34)35-29)28-26-24-22-20-18-16-14-12-10-8-6-4-2/h29-30H,3-28H2,1-2H3. The molecule has 0 aliphatic carbocycles. The lowest BCUT2D eigenvalue weighted by Gasteiger charge is -2.27. The molecule has 2 unspecified atom stereocenters. The van der Waals surface area contributed by atoms with Gasteiger partial charge in [-0.25, -0.2) is 9.59 Å². The van der Waals surface area contributed by atoms with Crippen LogP contribution in [-0.2, 0) is 19.1 Å². The topological polar surface area (TPSA) is 52.6 Å². The quantitative estimate of drug-likeness (QED) is 0.0861. The van der Waals surface area contributed by atoms with Gasteiger partial charge in [-0.05, 0) is 25.7 Å². The van der Waals surface area contributed by atoms with Gasteiger partial charge in [0.05, 0.1) is 0 Å². The highest BCUT2D eigenvalue weighted by Crippen LogP contribution is 2.21. The number of unbranched alkanes of at least 4 members (excludes halogenated alkanes) is 22. The van der Waals surface area contributed by atoms with Crippen LogP contribution in [0.25, 0.3) is 0 Å². The monoisotopic (exact) mass is 508 g/mol. The van der Waals surface area contributed by atoms with Crippen molar-refractivity contribution in [1.29, 1.82) is 0 Å². The van der Waals surface area contributed by atoms with Gasteiger partial charge in [0, 0.05) is 0 Å². The summed E-state index contributed by atoms with van der Waals surface area (Å²) in [5.41, 5.74) is 0. The second-order valence-corrected chi connectivity index (χ2v) is 11.2. The predicted molar refractivity (Wildman–Crippen MR) is 151 cm³/mol. The molecule has 212 valence electrons. The number of cyclic esters (lactones) is 2. The molecule has 4 heteroatoms. The second-order valence-electron chi connectivity index (χ2n) is 11.2. The van der Waals surface area contributed by atoms with E-state index in [1.165, 1.54) is 128 Å². The summed E-state index contributed by atoms with van der Waals surface area (Å²) in [6, 6.07) is 0. The van der Waals surface area contributed by atoms with Gasteiger partial charge < -0.3 is 9.47 Å². The van der Waals surface area contributed by atoms with E-state index in [9.17, 15) is 9.59 Å². The van der Waals surface area contributed by atoms with Crippen LogP contribution in [0.15, 0.2) is 0 Å². The van der Waals surface area contributed by atoms with Crippen molar-refractivity contribution in [2.45, 2.75) is 193 Å². The molecule has 0 bridgehead atoms. The van der Waals surface area contributed by atoms with Crippen molar-refractivity contribution in [3.05, 3.63) is 0 Å². The van der Waals surface area contributed by atoms with Gasteiger partial charge in [-0.3, -0.25) is 0 Å². The van der Waals surface area contributed by atoms with E-state index in [1.54, 1.807) is 0 Å². The third-order valence-corrected chi connectivity index (χ3v) is 7.68. The second kappa shape index (κ2) is 24.3. The molecule has 0 amide bonds. The number of esters is 2. The highest BCUT2D eigenvalue weighted by atomic mass is 16.6. The van der Waals surface area contributed by atoms with E-state index in [4.69, 9.17) is 9.47 Å². The Morgan fingerprint density at radius 3 is 0.861 bits per heavy atom. The Morgan fingerprint density at radius 1 is 0.389 bits per heavy atom. The summed E-state index contributed by atoms with van der Waals surface area (Å²) >= 11 is 0. The van der Waals surface area contributed by atoms with Gasteiger partial charge in [0.2, 0.25) is 0 Å². The van der Waals surface area contributed by atoms with Crippen LogP contribution < -0.4 is 0 Å². The highest BCUT2D eigenvalue weighted by Gasteiger charge is 2.37. The fourth-order valence-corrected chi connectivity index (χ4v) is 5.22. The molecule has 1 aliphatic rings. The molecule has 1 rings (SSSR count). The molecule has 0 radical (unpaired) electrons. The average Bonchev–Trinajstić information content (AvgIpc) is 2.87. The molecule has 1 heterocycles. The van der Waals surface area contributed by atoms with Crippen LogP contribution in [0.2, 0.25) is 0 Å². The maximum Gasteiger partial charge on any atom is 0.348 e. The van der Waals surface area contributed by atoms with Crippen LogP contribution in [0.5, 0.6) is 0 Å². The Hall–Kier alpha value is -1.06. The molecule has 4 nitrogen and oxygen atoms in total. The Kier molecular flexibility index (Phi) is 22.2. The molecule has 0 aromatic carbocycles. The fourth-order valence-electron chi connectivity index (χ4n) is 5.22. The average molecular weight is 509 g/mol. The lowest BCUT2D eigenvalue weighted by molar-refractivity contribution is -0.196. The first-order valence-corrected chi connectivity index (χ1v) is 16.1. The summed E-state index contributed by atoms with van der Waals surface area (Å²) in [5.74, 6) is -0.664. The van der Waals surface area contributed by atoms with Gasteiger partial charge in [-0.15, -0.1) is 0 Å². The Labute approximate surface area is 224 Å². The summed E-state index contributed by atoms with van der Waals surface area (Å²) in [4.78, 5) is 24.6. The third kappa shape index (κ3) is 18.2. The van der Waals surface area contributed by atoms with Crippen LogP contribution >= 0.6 is 0 Å². The van der Waals surface area contributed by atoms with E-state index in [1.807, 2.05) is 0 Å². The summed E-state index contributed by atoms with van der Waals surface area (Å²) in [5, 5.41) is 0. The minimum atomic E-state index is -0.682. The summed E-state index contributed by atoms with van der Waals surface area (Å²) in [6.45, 7) is 4.53. The molecular weight excluding hydrogens is 448 g/mol. The van der Waals surface area contributed by atoms with Crippen molar-refractivity contribution in [1.82, 2.24) is 0 Å². The first-order chi connectivity index (χ1) is 17.7. The summed E-state index contributed by atoms with van der Waals surface area (Å²) in [7, 11) is 0.